The first kappa shape index (κ1) is 16.3. The molecule has 1 amide bonds. The van der Waals surface area contributed by atoms with Crippen LogP contribution in [0.2, 0.25) is 0 Å². The van der Waals surface area contributed by atoms with Crippen LogP contribution in [0.15, 0.2) is 30.3 Å². The highest BCUT2D eigenvalue weighted by Gasteiger charge is 2.15. The van der Waals surface area contributed by atoms with Gasteiger partial charge in [-0.3, -0.25) is 4.79 Å². The third kappa shape index (κ3) is 3.57. The van der Waals surface area contributed by atoms with Gasteiger partial charge >= 0.3 is 0 Å². The summed E-state index contributed by atoms with van der Waals surface area (Å²) in [7, 11) is 0. The number of benzene rings is 1. The lowest BCUT2D eigenvalue weighted by Gasteiger charge is -2.15. The lowest BCUT2D eigenvalue weighted by molar-refractivity contribution is 0.0922. The van der Waals surface area contributed by atoms with E-state index < -0.39 is 0 Å². The van der Waals surface area contributed by atoms with Crippen molar-refractivity contribution in [1.82, 2.24) is 9.88 Å². The Morgan fingerprint density at radius 2 is 1.82 bits per heavy atom. The van der Waals surface area contributed by atoms with Crippen LogP contribution in [0.25, 0.3) is 5.69 Å². The van der Waals surface area contributed by atoms with E-state index in [0.717, 1.165) is 22.6 Å². The quantitative estimate of drug-likeness (QED) is 0.833. The van der Waals surface area contributed by atoms with Crippen molar-refractivity contribution in [3.8, 4) is 5.69 Å². The second-order valence-corrected chi connectivity index (χ2v) is 5.42. The maximum atomic E-state index is 12.5. The molecular formula is C18H24N2O2. The minimum absolute atomic E-state index is 0.0640. The molecule has 1 N–H and O–H groups in total. The molecule has 1 aromatic heterocycles. The molecule has 0 radical (unpaired) electrons. The third-order valence-electron chi connectivity index (χ3n) is 3.64. The molecule has 0 aliphatic carbocycles. The van der Waals surface area contributed by atoms with E-state index in [1.165, 1.54) is 0 Å². The summed E-state index contributed by atoms with van der Waals surface area (Å²) in [6, 6.07) is 10.1. The van der Waals surface area contributed by atoms with E-state index in [2.05, 4.69) is 22.0 Å². The van der Waals surface area contributed by atoms with Crippen LogP contribution in [0.4, 0.5) is 0 Å². The molecule has 0 bridgehead atoms. The molecule has 2 aromatic rings. The highest BCUT2D eigenvalue weighted by molar-refractivity contribution is 5.98. The molecule has 118 valence electrons. The van der Waals surface area contributed by atoms with Gasteiger partial charge in [-0.2, -0.15) is 0 Å². The number of hydrogen-bond acceptors (Lipinski definition) is 2. The molecule has 0 aliphatic heterocycles. The number of aryl methyl sites for hydroxylation is 3. The number of ether oxygens (including phenoxy) is 1. The van der Waals surface area contributed by atoms with Gasteiger partial charge in [-0.1, -0.05) is 11.6 Å². The predicted molar refractivity (Wildman–Crippen MR) is 88.8 cm³/mol. The van der Waals surface area contributed by atoms with Crippen LogP contribution >= 0.6 is 0 Å². The number of carbonyl (C=O) groups excluding carboxylic acids is 1. The maximum absolute atomic E-state index is 12.5. The molecule has 0 atom stereocenters. The molecule has 22 heavy (non-hydrogen) atoms. The highest BCUT2D eigenvalue weighted by atomic mass is 16.5. The molecule has 0 unspecified atom stereocenters. The zero-order valence-corrected chi connectivity index (χ0v) is 13.8. The smallest absolute Gasteiger partial charge is 0.253 e. The van der Waals surface area contributed by atoms with Crippen LogP contribution in [-0.4, -0.2) is 30.2 Å². The summed E-state index contributed by atoms with van der Waals surface area (Å²) in [6.07, 6.45) is 0. The van der Waals surface area contributed by atoms with Crippen molar-refractivity contribution in [2.24, 2.45) is 0 Å². The topological polar surface area (TPSA) is 43.3 Å². The molecule has 4 heteroatoms. The van der Waals surface area contributed by atoms with Crippen molar-refractivity contribution in [3.05, 3.63) is 52.8 Å². The number of nitrogens with zero attached hydrogens (tertiary/aromatic N) is 1. The number of rotatable bonds is 6. The fourth-order valence-corrected chi connectivity index (χ4v) is 2.55. The van der Waals surface area contributed by atoms with Gasteiger partial charge < -0.3 is 14.6 Å². The fourth-order valence-electron chi connectivity index (χ4n) is 2.55. The van der Waals surface area contributed by atoms with E-state index in [0.29, 0.717) is 25.3 Å². The van der Waals surface area contributed by atoms with Crippen molar-refractivity contribution < 1.29 is 9.53 Å². The van der Waals surface area contributed by atoms with Gasteiger partial charge in [0.2, 0.25) is 0 Å². The SMILES string of the molecule is CCOCCNC(=O)c1cc(C)ccc1-n1c(C)ccc1C. The van der Waals surface area contributed by atoms with Crippen LogP contribution < -0.4 is 5.32 Å². The van der Waals surface area contributed by atoms with Gasteiger partial charge in [-0.15, -0.1) is 0 Å². The standard InChI is InChI=1S/C18H24N2O2/c1-5-22-11-10-19-18(21)16-12-13(2)6-9-17(16)20-14(3)7-8-15(20)4/h6-9,12H,5,10-11H2,1-4H3,(H,19,21). The molecule has 4 nitrogen and oxygen atoms in total. The van der Waals surface area contributed by atoms with Crippen LogP contribution in [0.3, 0.4) is 0 Å². The van der Waals surface area contributed by atoms with Crippen molar-refractivity contribution in [3.63, 3.8) is 0 Å². The van der Waals surface area contributed by atoms with Crippen molar-refractivity contribution in [2.45, 2.75) is 27.7 Å². The maximum Gasteiger partial charge on any atom is 0.253 e. The number of carbonyl (C=O) groups is 1. The Kier molecular flexibility index (Phi) is 5.39. The van der Waals surface area contributed by atoms with Crippen molar-refractivity contribution in [2.75, 3.05) is 19.8 Å². The van der Waals surface area contributed by atoms with E-state index in [1.54, 1.807) is 0 Å². The monoisotopic (exact) mass is 300 g/mol. The number of nitrogens with one attached hydrogen (secondary N) is 1. The molecule has 0 saturated carbocycles. The summed E-state index contributed by atoms with van der Waals surface area (Å²) >= 11 is 0. The molecule has 0 spiro atoms. The Morgan fingerprint density at radius 3 is 2.45 bits per heavy atom. The molecule has 0 saturated heterocycles. The Hall–Kier alpha value is -2.07. The molecule has 1 aromatic carbocycles. The first-order valence-corrected chi connectivity index (χ1v) is 7.66. The Bertz CT molecular complexity index is 640. The second kappa shape index (κ2) is 7.27. The van der Waals surface area contributed by atoms with Gasteiger partial charge in [0.25, 0.3) is 5.91 Å². The molecular weight excluding hydrogens is 276 g/mol. The minimum atomic E-state index is -0.0640. The van der Waals surface area contributed by atoms with E-state index in [1.807, 2.05) is 45.9 Å². The van der Waals surface area contributed by atoms with E-state index in [4.69, 9.17) is 4.74 Å². The van der Waals surface area contributed by atoms with Gasteiger partial charge in [0.1, 0.15) is 0 Å². The Labute approximate surface area is 132 Å². The van der Waals surface area contributed by atoms with Crippen LogP contribution in [0.5, 0.6) is 0 Å². The first-order valence-electron chi connectivity index (χ1n) is 7.66. The van der Waals surface area contributed by atoms with Gasteiger partial charge in [0, 0.05) is 24.5 Å². The molecule has 2 rings (SSSR count). The van der Waals surface area contributed by atoms with Gasteiger partial charge in [0.05, 0.1) is 17.9 Å². The summed E-state index contributed by atoms with van der Waals surface area (Å²) in [5.74, 6) is -0.0640. The summed E-state index contributed by atoms with van der Waals surface area (Å²) < 4.78 is 7.37. The van der Waals surface area contributed by atoms with Crippen molar-refractivity contribution >= 4 is 5.91 Å². The lowest BCUT2D eigenvalue weighted by atomic mass is 10.1. The van der Waals surface area contributed by atoms with Gasteiger partial charge in [-0.25, -0.2) is 0 Å². The second-order valence-electron chi connectivity index (χ2n) is 5.42. The highest BCUT2D eigenvalue weighted by Crippen LogP contribution is 2.21. The van der Waals surface area contributed by atoms with E-state index >= 15 is 0 Å². The first-order chi connectivity index (χ1) is 10.5. The predicted octanol–water partition coefficient (Wildman–Crippen LogP) is 3.17. The zero-order valence-electron chi connectivity index (χ0n) is 13.8. The van der Waals surface area contributed by atoms with E-state index in [9.17, 15) is 4.79 Å². The summed E-state index contributed by atoms with van der Waals surface area (Å²) in [4.78, 5) is 12.5. The largest absolute Gasteiger partial charge is 0.380 e. The average Bonchev–Trinajstić information content (AvgIpc) is 2.83. The summed E-state index contributed by atoms with van der Waals surface area (Å²) in [6.45, 7) is 9.74. The van der Waals surface area contributed by atoms with Gasteiger partial charge in [0.15, 0.2) is 0 Å². The molecule has 0 fully saturated rings. The number of amides is 1. The summed E-state index contributed by atoms with van der Waals surface area (Å²) in [5.41, 5.74) is 4.91. The minimum Gasteiger partial charge on any atom is -0.380 e. The van der Waals surface area contributed by atoms with Crippen LogP contribution in [0.1, 0.15) is 34.2 Å². The zero-order chi connectivity index (χ0) is 16.1. The molecule has 1 heterocycles. The Morgan fingerprint density at radius 1 is 1.14 bits per heavy atom. The van der Waals surface area contributed by atoms with Gasteiger partial charge in [-0.05, 0) is 52.0 Å². The number of hydrogen-bond donors (Lipinski definition) is 1. The van der Waals surface area contributed by atoms with Crippen molar-refractivity contribution in [1.29, 1.82) is 0 Å². The number of aromatic nitrogens is 1. The summed E-state index contributed by atoms with van der Waals surface area (Å²) in [5, 5.41) is 2.92. The van der Waals surface area contributed by atoms with Crippen LogP contribution in [0, 0.1) is 20.8 Å². The Balaban J connectivity index is 2.31. The average molecular weight is 300 g/mol. The third-order valence-corrected chi connectivity index (χ3v) is 3.64. The fraction of sp³-hybridized carbons (Fsp3) is 0.389. The normalized spacial score (nSPS) is 10.7. The molecule has 0 aliphatic rings. The lowest BCUT2D eigenvalue weighted by Crippen LogP contribution is -2.28. The van der Waals surface area contributed by atoms with E-state index in [-0.39, 0.29) is 5.91 Å². The van der Waals surface area contributed by atoms with Crippen LogP contribution in [-0.2, 0) is 4.74 Å².